The molecule has 0 aliphatic carbocycles. The predicted octanol–water partition coefficient (Wildman–Crippen LogP) is 3.46. The molecule has 4 heterocycles. The number of thiophene rings is 1. The van der Waals surface area contributed by atoms with E-state index in [0.29, 0.717) is 5.41 Å². The maximum atomic E-state index is 5.52. The molecule has 3 aliphatic heterocycles. The molecule has 1 unspecified atom stereocenters. The smallest absolute Gasteiger partial charge is 0.0469 e. The first-order chi connectivity index (χ1) is 11.3. The normalized spacial score (nSPS) is 31.1. The van der Waals surface area contributed by atoms with E-state index in [1.165, 1.54) is 70.4 Å². The van der Waals surface area contributed by atoms with E-state index in [9.17, 15) is 0 Å². The minimum atomic E-state index is 0.583. The van der Waals surface area contributed by atoms with E-state index in [2.05, 4.69) is 26.6 Å². The largest absolute Gasteiger partial charge is 0.381 e. The minimum absolute atomic E-state index is 0.583. The van der Waals surface area contributed by atoms with Crippen molar-refractivity contribution in [2.75, 3.05) is 45.9 Å². The van der Waals surface area contributed by atoms with Gasteiger partial charge in [-0.15, -0.1) is 0 Å². The molecule has 1 aromatic rings. The predicted molar refractivity (Wildman–Crippen MR) is 95.9 cm³/mol. The summed E-state index contributed by atoms with van der Waals surface area (Å²) < 4.78 is 5.52. The zero-order chi connectivity index (χ0) is 15.5. The molecule has 3 nitrogen and oxygen atoms in total. The summed E-state index contributed by atoms with van der Waals surface area (Å²) in [4.78, 5) is 5.48. The Bertz CT molecular complexity index is 486. The van der Waals surface area contributed by atoms with Crippen molar-refractivity contribution in [3.63, 3.8) is 0 Å². The van der Waals surface area contributed by atoms with Crippen molar-refractivity contribution in [1.82, 2.24) is 9.80 Å². The molecule has 0 N–H and O–H groups in total. The molecule has 1 aromatic heterocycles. The van der Waals surface area contributed by atoms with Gasteiger partial charge in [0.05, 0.1) is 0 Å². The fraction of sp³-hybridized carbons (Fsp3) is 0.789. The number of likely N-dealkylation sites (tertiary alicyclic amines) is 2. The van der Waals surface area contributed by atoms with Crippen LogP contribution in [0.3, 0.4) is 0 Å². The second-order valence-corrected chi connectivity index (χ2v) is 8.77. The van der Waals surface area contributed by atoms with Crippen LogP contribution in [0.15, 0.2) is 16.8 Å². The molecule has 3 aliphatic rings. The highest BCUT2D eigenvalue weighted by Gasteiger charge is 2.41. The van der Waals surface area contributed by atoms with E-state index in [1.54, 1.807) is 0 Å². The van der Waals surface area contributed by atoms with Crippen LogP contribution in [0.4, 0.5) is 0 Å². The quantitative estimate of drug-likeness (QED) is 0.839. The molecule has 128 valence electrons. The molecule has 0 saturated carbocycles. The standard InChI is InChI=1S/C19H30N2OS/c1-5-19(6-8-21(16-19)13-18-4-11-23-14-18)15-20(7-1)12-17-2-9-22-10-3-17/h4,11,14,17H,1-3,5-10,12-13,15-16H2. The molecule has 0 bridgehead atoms. The van der Waals surface area contributed by atoms with Crippen molar-refractivity contribution < 1.29 is 4.74 Å². The summed E-state index contributed by atoms with van der Waals surface area (Å²) in [5.41, 5.74) is 2.08. The lowest BCUT2D eigenvalue weighted by Crippen LogP contribution is -2.46. The summed E-state index contributed by atoms with van der Waals surface area (Å²) in [5.74, 6) is 0.877. The summed E-state index contributed by atoms with van der Waals surface area (Å²) in [6.07, 6.45) is 6.79. The Morgan fingerprint density at radius 2 is 2.00 bits per heavy atom. The lowest BCUT2D eigenvalue weighted by atomic mass is 9.79. The zero-order valence-corrected chi connectivity index (χ0v) is 15.0. The van der Waals surface area contributed by atoms with Gasteiger partial charge in [-0.25, -0.2) is 0 Å². The minimum Gasteiger partial charge on any atom is -0.381 e. The highest BCUT2D eigenvalue weighted by Crippen LogP contribution is 2.40. The Kier molecular flexibility index (Phi) is 5.04. The van der Waals surface area contributed by atoms with Crippen LogP contribution in [0.5, 0.6) is 0 Å². The van der Waals surface area contributed by atoms with E-state index < -0.39 is 0 Å². The van der Waals surface area contributed by atoms with Gasteiger partial charge >= 0.3 is 0 Å². The Morgan fingerprint density at radius 3 is 2.83 bits per heavy atom. The van der Waals surface area contributed by atoms with Crippen molar-refractivity contribution in [2.24, 2.45) is 11.3 Å². The highest BCUT2D eigenvalue weighted by atomic mass is 32.1. The molecule has 4 heteroatoms. The number of rotatable bonds is 4. The van der Waals surface area contributed by atoms with Crippen LogP contribution in [0.1, 0.15) is 37.7 Å². The number of ether oxygens (including phenoxy) is 1. The van der Waals surface area contributed by atoms with Crippen LogP contribution >= 0.6 is 11.3 Å². The Hall–Kier alpha value is -0.420. The molecule has 0 aromatic carbocycles. The average molecular weight is 335 g/mol. The first kappa shape index (κ1) is 16.1. The molecule has 3 saturated heterocycles. The van der Waals surface area contributed by atoms with Crippen LogP contribution in [-0.2, 0) is 11.3 Å². The first-order valence-corrected chi connectivity index (χ1v) is 10.3. The van der Waals surface area contributed by atoms with E-state index in [1.807, 2.05) is 11.3 Å². The highest BCUT2D eigenvalue weighted by molar-refractivity contribution is 7.07. The molecule has 1 spiro atoms. The van der Waals surface area contributed by atoms with E-state index >= 15 is 0 Å². The molecule has 1 atom stereocenters. The molecular formula is C19H30N2OS. The van der Waals surface area contributed by atoms with Crippen LogP contribution in [0.25, 0.3) is 0 Å². The van der Waals surface area contributed by atoms with Crippen LogP contribution < -0.4 is 0 Å². The van der Waals surface area contributed by atoms with Gasteiger partial charge in [-0.1, -0.05) is 0 Å². The number of piperidine rings is 1. The van der Waals surface area contributed by atoms with Gasteiger partial charge in [-0.3, -0.25) is 4.90 Å². The lowest BCUT2D eigenvalue weighted by Gasteiger charge is -2.42. The zero-order valence-electron chi connectivity index (χ0n) is 14.2. The molecule has 3 fully saturated rings. The van der Waals surface area contributed by atoms with Crippen molar-refractivity contribution in [3.8, 4) is 0 Å². The van der Waals surface area contributed by atoms with Gasteiger partial charge < -0.3 is 9.64 Å². The summed E-state index contributed by atoms with van der Waals surface area (Å²) in [6.45, 7) is 9.71. The Labute approximate surface area is 144 Å². The Balaban J connectivity index is 1.31. The second-order valence-electron chi connectivity index (χ2n) is 7.99. The van der Waals surface area contributed by atoms with Crippen LogP contribution in [-0.4, -0.2) is 55.7 Å². The number of nitrogens with zero attached hydrogens (tertiary/aromatic N) is 2. The van der Waals surface area contributed by atoms with E-state index in [0.717, 1.165) is 25.7 Å². The topological polar surface area (TPSA) is 15.7 Å². The molecule has 23 heavy (non-hydrogen) atoms. The van der Waals surface area contributed by atoms with Gasteiger partial charge in [0.1, 0.15) is 0 Å². The monoisotopic (exact) mass is 334 g/mol. The third-order valence-electron chi connectivity index (χ3n) is 6.10. The summed E-state index contributed by atoms with van der Waals surface area (Å²) in [5, 5.41) is 4.51. The van der Waals surface area contributed by atoms with Crippen LogP contribution in [0.2, 0.25) is 0 Å². The maximum absolute atomic E-state index is 5.52. The van der Waals surface area contributed by atoms with Crippen molar-refractivity contribution >= 4 is 11.3 Å². The molecule has 0 radical (unpaired) electrons. The molecule has 4 rings (SSSR count). The van der Waals surface area contributed by atoms with Crippen LogP contribution in [0, 0.1) is 11.3 Å². The van der Waals surface area contributed by atoms with Gasteiger partial charge in [-0.05, 0) is 78.9 Å². The average Bonchev–Trinajstić information content (AvgIpc) is 3.20. The SMILES string of the molecule is c1cc(CN2CCC3(CCCN(CC4CCOCC4)C3)C2)cs1. The fourth-order valence-corrected chi connectivity index (χ4v) is 5.56. The first-order valence-electron chi connectivity index (χ1n) is 9.35. The summed E-state index contributed by atoms with van der Waals surface area (Å²) in [6, 6.07) is 2.29. The lowest BCUT2D eigenvalue weighted by molar-refractivity contribution is 0.0312. The fourth-order valence-electron chi connectivity index (χ4n) is 4.90. The van der Waals surface area contributed by atoms with Gasteiger partial charge in [0.25, 0.3) is 0 Å². The number of hydrogen-bond donors (Lipinski definition) is 0. The van der Waals surface area contributed by atoms with Crippen molar-refractivity contribution in [3.05, 3.63) is 22.4 Å². The van der Waals surface area contributed by atoms with Crippen molar-refractivity contribution in [1.29, 1.82) is 0 Å². The molecule has 0 amide bonds. The van der Waals surface area contributed by atoms with Gasteiger partial charge in [0, 0.05) is 39.4 Å². The van der Waals surface area contributed by atoms with Crippen molar-refractivity contribution in [2.45, 2.75) is 38.6 Å². The summed E-state index contributed by atoms with van der Waals surface area (Å²) >= 11 is 1.82. The van der Waals surface area contributed by atoms with Gasteiger partial charge in [0.2, 0.25) is 0 Å². The maximum Gasteiger partial charge on any atom is 0.0469 e. The van der Waals surface area contributed by atoms with Gasteiger partial charge in [-0.2, -0.15) is 11.3 Å². The van der Waals surface area contributed by atoms with Gasteiger partial charge in [0.15, 0.2) is 0 Å². The molecular weight excluding hydrogens is 304 g/mol. The van der Waals surface area contributed by atoms with E-state index in [-0.39, 0.29) is 0 Å². The Morgan fingerprint density at radius 1 is 1.13 bits per heavy atom. The number of hydrogen-bond acceptors (Lipinski definition) is 4. The second kappa shape index (κ2) is 7.22. The third kappa shape index (κ3) is 3.98. The third-order valence-corrected chi connectivity index (χ3v) is 6.83. The summed E-state index contributed by atoms with van der Waals surface area (Å²) in [7, 11) is 0. The van der Waals surface area contributed by atoms with E-state index in [4.69, 9.17) is 4.74 Å².